The molecule has 0 atom stereocenters. The highest BCUT2D eigenvalue weighted by Crippen LogP contribution is 2.39. The highest BCUT2D eigenvalue weighted by atomic mass is 16.3. The maximum absolute atomic E-state index is 6.16. The zero-order chi connectivity index (χ0) is 31.2. The van der Waals surface area contributed by atoms with E-state index in [0.29, 0.717) is 0 Å². The van der Waals surface area contributed by atoms with Gasteiger partial charge in [-0.25, -0.2) is 0 Å². The summed E-state index contributed by atoms with van der Waals surface area (Å²) in [6.45, 7) is 0. The Kier molecular flexibility index (Phi) is 6.46. The van der Waals surface area contributed by atoms with Crippen LogP contribution in [-0.4, -0.2) is 9.97 Å². The van der Waals surface area contributed by atoms with E-state index in [1.54, 1.807) is 0 Å². The maximum atomic E-state index is 6.16. The summed E-state index contributed by atoms with van der Waals surface area (Å²) in [5.74, 6) is 0. The van der Waals surface area contributed by atoms with E-state index in [1.165, 1.54) is 33.4 Å². The van der Waals surface area contributed by atoms with Crippen LogP contribution in [0.3, 0.4) is 0 Å². The molecule has 0 bridgehead atoms. The van der Waals surface area contributed by atoms with Crippen LogP contribution in [0.25, 0.3) is 88.6 Å². The Bertz CT molecular complexity index is 2510. The molecular formula is C44H28N2O. The van der Waals surface area contributed by atoms with Gasteiger partial charge in [-0.2, -0.15) is 0 Å². The Labute approximate surface area is 272 Å². The van der Waals surface area contributed by atoms with Crippen LogP contribution < -0.4 is 0 Å². The molecule has 3 heteroatoms. The first kappa shape index (κ1) is 27.0. The predicted molar refractivity (Wildman–Crippen MR) is 194 cm³/mol. The minimum absolute atomic E-state index is 0.777. The minimum atomic E-state index is 0.777. The molecule has 0 fully saturated rings. The molecule has 0 unspecified atom stereocenters. The monoisotopic (exact) mass is 600 g/mol. The van der Waals surface area contributed by atoms with Crippen LogP contribution in [0, 0.1) is 0 Å². The Morgan fingerprint density at radius 2 is 0.979 bits per heavy atom. The molecule has 6 aromatic carbocycles. The largest absolute Gasteiger partial charge is 0.454 e. The Balaban J connectivity index is 1.18. The van der Waals surface area contributed by atoms with Crippen molar-refractivity contribution in [3.05, 3.63) is 170 Å². The van der Waals surface area contributed by atoms with E-state index in [4.69, 9.17) is 9.40 Å². The van der Waals surface area contributed by atoms with Gasteiger partial charge in [-0.3, -0.25) is 9.97 Å². The van der Waals surface area contributed by atoms with Gasteiger partial charge in [0.15, 0.2) is 5.58 Å². The zero-order valence-electron chi connectivity index (χ0n) is 25.5. The van der Waals surface area contributed by atoms with Crippen LogP contribution in [0.2, 0.25) is 0 Å². The third-order valence-electron chi connectivity index (χ3n) is 8.95. The second-order valence-corrected chi connectivity index (χ2v) is 11.8. The molecule has 0 N–H and O–H groups in total. The van der Waals surface area contributed by atoms with E-state index in [2.05, 4.69) is 138 Å². The van der Waals surface area contributed by atoms with Crippen molar-refractivity contribution in [1.29, 1.82) is 0 Å². The number of furan rings is 1. The molecule has 3 aromatic heterocycles. The number of hydrogen-bond donors (Lipinski definition) is 0. The van der Waals surface area contributed by atoms with E-state index in [9.17, 15) is 0 Å². The predicted octanol–water partition coefficient (Wildman–Crippen LogP) is 11.9. The molecule has 9 rings (SSSR count). The third-order valence-corrected chi connectivity index (χ3v) is 8.95. The molecule has 3 nitrogen and oxygen atoms in total. The second-order valence-electron chi connectivity index (χ2n) is 11.8. The summed E-state index contributed by atoms with van der Waals surface area (Å²) in [6, 6.07) is 55.7. The fraction of sp³-hybridized carbons (Fsp3) is 0. The molecule has 47 heavy (non-hydrogen) atoms. The summed E-state index contributed by atoms with van der Waals surface area (Å²) in [4.78, 5) is 9.59. The zero-order valence-corrected chi connectivity index (χ0v) is 25.5. The van der Waals surface area contributed by atoms with Gasteiger partial charge in [0, 0.05) is 23.3 Å². The average molecular weight is 601 g/mol. The molecule has 0 amide bonds. The molecule has 0 spiro atoms. The number of pyridine rings is 2. The van der Waals surface area contributed by atoms with E-state index < -0.39 is 0 Å². The van der Waals surface area contributed by atoms with Gasteiger partial charge in [-0.1, -0.05) is 103 Å². The highest BCUT2D eigenvalue weighted by Gasteiger charge is 2.16. The normalized spacial score (nSPS) is 11.4. The molecule has 0 aliphatic heterocycles. The Hall–Kier alpha value is -6.32. The Morgan fingerprint density at radius 3 is 1.72 bits per heavy atom. The van der Waals surface area contributed by atoms with Crippen LogP contribution in [0.15, 0.2) is 175 Å². The lowest BCUT2D eigenvalue weighted by molar-refractivity contribution is 0.668. The number of hydrogen-bond acceptors (Lipinski definition) is 3. The van der Waals surface area contributed by atoms with E-state index in [-0.39, 0.29) is 0 Å². The van der Waals surface area contributed by atoms with E-state index in [0.717, 1.165) is 55.2 Å². The molecule has 0 saturated heterocycles. The summed E-state index contributed by atoms with van der Waals surface area (Å²) < 4.78 is 6.16. The average Bonchev–Trinajstić information content (AvgIpc) is 3.54. The van der Waals surface area contributed by atoms with Gasteiger partial charge in [0.25, 0.3) is 0 Å². The molecule has 3 heterocycles. The van der Waals surface area contributed by atoms with Gasteiger partial charge >= 0.3 is 0 Å². The fourth-order valence-electron chi connectivity index (χ4n) is 6.67. The van der Waals surface area contributed by atoms with Crippen LogP contribution in [-0.2, 0) is 0 Å². The lowest BCUT2D eigenvalue weighted by Crippen LogP contribution is -1.89. The first-order chi connectivity index (χ1) is 23.3. The number of nitrogens with zero attached hydrogens (tertiary/aromatic N) is 2. The van der Waals surface area contributed by atoms with Gasteiger partial charge in [0.1, 0.15) is 11.1 Å². The number of fused-ring (bicyclic) bond motifs is 4. The van der Waals surface area contributed by atoms with Crippen molar-refractivity contribution >= 4 is 32.8 Å². The van der Waals surface area contributed by atoms with Gasteiger partial charge in [0.05, 0.1) is 11.1 Å². The van der Waals surface area contributed by atoms with Crippen LogP contribution in [0.5, 0.6) is 0 Å². The first-order valence-corrected chi connectivity index (χ1v) is 15.8. The number of benzene rings is 6. The maximum Gasteiger partial charge on any atom is 0.153 e. The van der Waals surface area contributed by atoms with Gasteiger partial charge in [-0.05, 0) is 104 Å². The van der Waals surface area contributed by atoms with Gasteiger partial charge in [-0.15, -0.1) is 0 Å². The number of aromatic nitrogens is 2. The smallest absolute Gasteiger partial charge is 0.153 e. The summed E-state index contributed by atoms with van der Waals surface area (Å²) in [5.41, 5.74) is 13.8. The second kappa shape index (κ2) is 11.2. The van der Waals surface area contributed by atoms with Crippen molar-refractivity contribution in [3.8, 4) is 55.8 Å². The molecule has 9 aromatic rings. The van der Waals surface area contributed by atoms with Crippen LogP contribution >= 0.6 is 0 Å². The van der Waals surface area contributed by atoms with Gasteiger partial charge < -0.3 is 4.42 Å². The van der Waals surface area contributed by atoms with Crippen LogP contribution in [0.1, 0.15) is 0 Å². The fourth-order valence-corrected chi connectivity index (χ4v) is 6.67. The van der Waals surface area contributed by atoms with E-state index in [1.807, 2.05) is 36.7 Å². The summed E-state index contributed by atoms with van der Waals surface area (Å²) >= 11 is 0. The quantitative estimate of drug-likeness (QED) is 0.197. The van der Waals surface area contributed by atoms with Crippen molar-refractivity contribution in [2.45, 2.75) is 0 Å². The molecule has 0 saturated carbocycles. The minimum Gasteiger partial charge on any atom is -0.454 e. The molecule has 220 valence electrons. The molecular weight excluding hydrogens is 572 g/mol. The van der Waals surface area contributed by atoms with Crippen LogP contribution in [0.4, 0.5) is 0 Å². The van der Waals surface area contributed by atoms with Crippen molar-refractivity contribution in [1.82, 2.24) is 9.97 Å². The summed E-state index contributed by atoms with van der Waals surface area (Å²) in [6.07, 6.45) is 3.70. The van der Waals surface area contributed by atoms with E-state index >= 15 is 0 Å². The topological polar surface area (TPSA) is 38.9 Å². The summed E-state index contributed by atoms with van der Waals surface area (Å²) in [5, 5.41) is 3.21. The Morgan fingerprint density at radius 1 is 0.383 bits per heavy atom. The SMILES string of the molecule is c1ccc(-c2cc(-c3ccccc3)cc(-c3cccc(-c4ccc5ccnc(-c6cccc7oc8cccnc8c67)c5c4)c3)c2)cc1. The first-order valence-electron chi connectivity index (χ1n) is 15.8. The van der Waals surface area contributed by atoms with Crippen molar-refractivity contribution in [2.75, 3.05) is 0 Å². The third kappa shape index (κ3) is 4.86. The van der Waals surface area contributed by atoms with Crippen molar-refractivity contribution < 1.29 is 4.42 Å². The lowest BCUT2D eigenvalue weighted by atomic mass is 9.91. The summed E-state index contributed by atoms with van der Waals surface area (Å²) in [7, 11) is 0. The van der Waals surface area contributed by atoms with Crippen molar-refractivity contribution in [3.63, 3.8) is 0 Å². The standard InChI is InChI=1S/C44H28N2O/c1-3-10-29(11-4-1)35-25-36(30-12-5-2-6-13-30)27-37(26-35)33-15-7-14-32(24-33)34-20-19-31-21-23-46-43(39(31)28-34)38-16-8-17-40-42(38)44-41(47-40)18-9-22-45-44/h1-28H. The molecule has 0 aliphatic carbocycles. The lowest BCUT2D eigenvalue weighted by Gasteiger charge is -2.13. The molecule has 0 aliphatic rings. The number of rotatable bonds is 5. The van der Waals surface area contributed by atoms with Crippen molar-refractivity contribution in [2.24, 2.45) is 0 Å². The highest BCUT2D eigenvalue weighted by molar-refractivity contribution is 6.13. The van der Waals surface area contributed by atoms with Gasteiger partial charge in [0.2, 0.25) is 0 Å². The molecule has 0 radical (unpaired) electrons.